The normalized spacial score (nSPS) is 28.1. The Bertz CT molecular complexity index is 222. The summed E-state index contributed by atoms with van der Waals surface area (Å²) in [7, 11) is 0. The van der Waals surface area contributed by atoms with Gasteiger partial charge in [-0.25, -0.2) is 0 Å². The largest absolute Gasteiger partial charge is 0.481 e. The highest BCUT2D eigenvalue weighted by molar-refractivity contribution is 5.68. The molecule has 0 radical (unpaired) electrons. The molecule has 1 unspecified atom stereocenters. The number of hydrogen-bond acceptors (Lipinski definition) is 2. The average Bonchev–Trinajstić information content (AvgIpc) is 2.17. The second-order valence-electron chi connectivity index (χ2n) is 4.51. The van der Waals surface area contributed by atoms with Crippen LogP contribution in [0.15, 0.2) is 0 Å². The highest BCUT2D eigenvalue weighted by atomic mass is 16.4. The molecular weight excluding hydrogens is 194 g/mol. The van der Waals surface area contributed by atoms with Gasteiger partial charge in [0.05, 0.1) is 6.42 Å². The number of hydrogen-bond donors (Lipinski definition) is 2. The third-order valence-electron chi connectivity index (χ3n) is 3.31. The van der Waals surface area contributed by atoms with Gasteiger partial charge in [0.2, 0.25) is 6.41 Å². The topological polar surface area (TPSA) is 66.4 Å². The van der Waals surface area contributed by atoms with Gasteiger partial charge in [-0.15, -0.1) is 0 Å². The molecule has 0 spiro atoms. The van der Waals surface area contributed by atoms with E-state index in [2.05, 4.69) is 12.2 Å². The minimum Gasteiger partial charge on any atom is -0.481 e. The second-order valence-corrected chi connectivity index (χ2v) is 4.51. The highest BCUT2D eigenvalue weighted by Gasteiger charge is 2.27. The van der Waals surface area contributed by atoms with Crippen LogP contribution in [0.3, 0.4) is 0 Å². The minimum absolute atomic E-state index is 0.0395. The Morgan fingerprint density at radius 2 is 2.07 bits per heavy atom. The summed E-state index contributed by atoms with van der Waals surface area (Å²) in [5.74, 6) is 0.235. The van der Waals surface area contributed by atoms with Gasteiger partial charge in [-0.05, 0) is 24.7 Å². The van der Waals surface area contributed by atoms with Crippen molar-refractivity contribution in [3.05, 3.63) is 0 Å². The first kappa shape index (κ1) is 12.0. The minimum atomic E-state index is -0.840. The van der Waals surface area contributed by atoms with Crippen molar-refractivity contribution in [2.24, 2.45) is 11.8 Å². The Balaban J connectivity index is 2.47. The Morgan fingerprint density at radius 3 is 2.53 bits per heavy atom. The molecule has 1 saturated carbocycles. The fourth-order valence-electron chi connectivity index (χ4n) is 2.33. The van der Waals surface area contributed by atoms with E-state index < -0.39 is 5.97 Å². The summed E-state index contributed by atoms with van der Waals surface area (Å²) in [6.07, 6.45) is 4.99. The van der Waals surface area contributed by atoms with Crippen molar-refractivity contribution in [3.8, 4) is 0 Å². The van der Waals surface area contributed by atoms with Crippen LogP contribution in [-0.4, -0.2) is 23.5 Å². The molecule has 15 heavy (non-hydrogen) atoms. The van der Waals surface area contributed by atoms with E-state index in [1.807, 2.05) is 0 Å². The molecule has 0 aromatic carbocycles. The predicted octanol–water partition coefficient (Wildman–Crippen LogP) is 1.40. The molecule has 4 nitrogen and oxygen atoms in total. The summed E-state index contributed by atoms with van der Waals surface area (Å²) in [6.45, 7) is 2.22. The molecule has 86 valence electrons. The van der Waals surface area contributed by atoms with Gasteiger partial charge in [0, 0.05) is 6.04 Å². The molecule has 1 fully saturated rings. The van der Waals surface area contributed by atoms with Crippen LogP contribution < -0.4 is 5.32 Å². The van der Waals surface area contributed by atoms with Crippen LogP contribution in [0.4, 0.5) is 0 Å². The summed E-state index contributed by atoms with van der Waals surface area (Å²) in [5.41, 5.74) is 0. The van der Waals surface area contributed by atoms with Crippen molar-refractivity contribution in [1.29, 1.82) is 0 Å². The smallest absolute Gasteiger partial charge is 0.305 e. The number of carbonyl (C=O) groups is 2. The van der Waals surface area contributed by atoms with Gasteiger partial charge in [0.1, 0.15) is 0 Å². The molecule has 2 N–H and O–H groups in total. The molecule has 1 amide bonds. The van der Waals surface area contributed by atoms with E-state index >= 15 is 0 Å². The lowest BCUT2D eigenvalue weighted by Crippen LogP contribution is -2.38. The van der Waals surface area contributed by atoms with E-state index in [-0.39, 0.29) is 12.5 Å². The highest BCUT2D eigenvalue weighted by Crippen LogP contribution is 2.31. The van der Waals surface area contributed by atoms with Gasteiger partial charge in [0.25, 0.3) is 0 Å². The average molecular weight is 213 g/mol. The van der Waals surface area contributed by atoms with Gasteiger partial charge in [-0.3, -0.25) is 9.59 Å². The SMILES string of the molecule is CC1CCC(C(CC(=O)O)NC=O)CC1. The van der Waals surface area contributed by atoms with Gasteiger partial charge < -0.3 is 10.4 Å². The summed E-state index contributed by atoms with van der Waals surface area (Å²) in [5, 5.41) is 11.4. The maximum Gasteiger partial charge on any atom is 0.305 e. The molecule has 0 aromatic rings. The zero-order valence-electron chi connectivity index (χ0n) is 9.11. The van der Waals surface area contributed by atoms with Gasteiger partial charge in [0.15, 0.2) is 0 Å². The number of carboxylic acids is 1. The number of rotatable bonds is 5. The lowest BCUT2D eigenvalue weighted by Gasteiger charge is -2.31. The summed E-state index contributed by atoms with van der Waals surface area (Å²) < 4.78 is 0. The lowest BCUT2D eigenvalue weighted by molar-refractivity contribution is -0.138. The van der Waals surface area contributed by atoms with E-state index in [4.69, 9.17) is 5.11 Å². The molecule has 1 aliphatic carbocycles. The van der Waals surface area contributed by atoms with Crippen LogP contribution in [0.1, 0.15) is 39.0 Å². The summed E-state index contributed by atoms with van der Waals surface area (Å²) in [6, 6.07) is -0.188. The Morgan fingerprint density at radius 1 is 1.47 bits per heavy atom. The fourth-order valence-corrected chi connectivity index (χ4v) is 2.33. The standard InChI is InChI=1S/C11H19NO3/c1-8-2-4-9(5-3-8)10(12-7-13)6-11(14)15/h7-10H,2-6H2,1H3,(H,12,13)(H,14,15). The van der Waals surface area contributed by atoms with Crippen LogP contribution in [0, 0.1) is 11.8 Å². The predicted molar refractivity (Wildman–Crippen MR) is 56.4 cm³/mol. The van der Waals surface area contributed by atoms with E-state index in [0.29, 0.717) is 12.3 Å². The van der Waals surface area contributed by atoms with E-state index in [9.17, 15) is 9.59 Å². The van der Waals surface area contributed by atoms with Crippen molar-refractivity contribution in [2.45, 2.75) is 45.1 Å². The Labute approximate surface area is 90.0 Å². The fraction of sp³-hybridized carbons (Fsp3) is 0.818. The number of aliphatic carboxylic acids is 1. The van der Waals surface area contributed by atoms with Crippen molar-refractivity contribution in [3.63, 3.8) is 0 Å². The van der Waals surface area contributed by atoms with Gasteiger partial charge >= 0.3 is 5.97 Å². The first-order chi connectivity index (χ1) is 7.13. The monoisotopic (exact) mass is 213 g/mol. The molecule has 0 aromatic heterocycles. The third kappa shape index (κ3) is 3.90. The van der Waals surface area contributed by atoms with Crippen molar-refractivity contribution in [2.75, 3.05) is 0 Å². The molecule has 1 aliphatic rings. The number of nitrogens with one attached hydrogen (secondary N) is 1. The molecule has 0 saturated heterocycles. The zero-order chi connectivity index (χ0) is 11.3. The number of amides is 1. The first-order valence-electron chi connectivity index (χ1n) is 5.55. The zero-order valence-corrected chi connectivity index (χ0v) is 9.11. The summed E-state index contributed by atoms with van der Waals surface area (Å²) in [4.78, 5) is 21.0. The van der Waals surface area contributed by atoms with Crippen LogP contribution in [0.25, 0.3) is 0 Å². The molecule has 1 atom stereocenters. The van der Waals surface area contributed by atoms with E-state index in [0.717, 1.165) is 31.6 Å². The maximum absolute atomic E-state index is 10.6. The Hall–Kier alpha value is -1.06. The van der Waals surface area contributed by atoms with Crippen LogP contribution in [0.5, 0.6) is 0 Å². The maximum atomic E-state index is 10.6. The quantitative estimate of drug-likeness (QED) is 0.678. The van der Waals surface area contributed by atoms with Crippen molar-refractivity contribution < 1.29 is 14.7 Å². The second kappa shape index (κ2) is 5.73. The van der Waals surface area contributed by atoms with Crippen molar-refractivity contribution in [1.82, 2.24) is 5.32 Å². The van der Waals surface area contributed by atoms with Crippen LogP contribution in [-0.2, 0) is 9.59 Å². The molecule has 4 heteroatoms. The third-order valence-corrected chi connectivity index (χ3v) is 3.31. The number of carbonyl (C=O) groups excluding carboxylic acids is 1. The van der Waals surface area contributed by atoms with Crippen LogP contribution in [0.2, 0.25) is 0 Å². The van der Waals surface area contributed by atoms with E-state index in [1.54, 1.807) is 0 Å². The molecule has 0 bridgehead atoms. The first-order valence-corrected chi connectivity index (χ1v) is 5.55. The Kier molecular flexibility index (Phi) is 4.59. The molecule has 0 aliphatic heterocycles. The lowest BCUT2D eigenvalue weighted by atomic mass is 9.78. The van der Waals surface area contributed by atoms with E-state index in [1.165, 1.54) is 0 Å². The van der Waals surface area contributed by atoms with Crippen molar-refractivity contribution >= 4 is 12.4 Å². The number of carboxylic acid groups (broad SMARTS) is 1. The van der Waals surface area contributed by atoms with Gasteiger partial charge in [-0.1, -0.05) is 19.8 Å². The molecule has 1 rings (SSSR count). The van der Waals surface area contributed by atoms with Crippen LogP contribution >= 0.6 is 0 Å². The molecular formula is C11H19NO3. The molecule has 0 heterocycles. The summed E-state index contributed by atoms with van der Waals surface area (Å²) >= 11 is 0. The van der Waals surface area contributed by atoms with Gasteiger partial charge in [-0.2, -0.15) is 0 Å².